The number of hydrogen-bond donors (Lipinski definition) is 1. The summed E-state index contributed by atoms with van der Waals surface area (Å²) in [5, 5.41) is 10.0. The van der Waals surface area contributed by atoms with Gasteiger partial charge in [-0.05, 0) is 23.8 Å². The average molecular weight is 317 g/mol. The summed E-state index contributed by atoms with van der Waals surface area (Å²) in [5.41, 5.74) is 1.65. The van der Waals surface area contributed by atoms with Gasteiger partial charge in [-0.1, -0.05) is 40.9 Å². The number of halogens is 3. The smallest absolute Gasteiger partial charge is 0.307 e. The Morgan fingerprint density at radius 2 is 1.84 bits per heavy atom. The van der Waals surface area contributed by atoms with Crippen LogP contribution >= 0.6 is 34.8 Å². The number of carbonyl (C=O) groups is 1. The number of rotatable bonds is 3. The van der Waals surface area contributed by atoms with E-state index in [2.05, 4.69) is 4.98 Å². The van der Waals surface area contributed by atoms with Crippen molar-refractivity contribution in [2.75, 3.05) is 0 Å². The molecular formula is C13H8Cl3NO2. The Morgan fingerprint density at radius 1 is 1.21 bits per heavy atom. The molecule has 0 aliphatic carbocycles. The van der Waals surface area contributed by atoms with Gasteiger partial charge in [-0.2, -0.15) is 0 Å². The van der Waals surface area contributed by atoms with Gasteiger partial charge >= 0.3 is 5.97 Å². The van der Waals surface area contributed by atoms with Crippen LogP contribution in [0.4, 0.5) is 0 Å². The molecule has 0 radical (unpaired) electrons. The molecule has 6 heteroatoms. The van der Waals surface area contributed by atoms with E-state index < -0.39 is 5.97 Å². The van der Waals surface area contributed by atoms with Crippen LogP contribution in [0.5, 0.6) is 0 Å². The second kappa shape index (κ2) is 5.78. The van der Waals surface area contributed by atoms with Crippen molar-refractivity contribution in [1.82, 2.24) is 4.98 Å². The molecule has 0 spiro atoms. The fourth-order valence-corrected chi connectivity index (χ4v) is 2.54. The minimum absolute atomic E-state index is 0.181. The number of pyridine rings is 1. The molecule has 0 aliphatic heterocycles. The van der Waals surface area contributed by atoms with Crippen LogP contribution in [-0.2, 0) is 11.2 Å². The van der Waals surface area contributed by atoms with Crippen molar-refractivity contribution in [3.8, 4) is 11.1 Å². The Kier molecular flexibility index (Phi) is 4.30. The third kappa shape index (κ3) is 3.18. The van der Waals surface area contributed by atoms with Crippen LogP contribution in [0.25, 0.3) is 11.1 Å². The lowest BCUT2D eigenvalue weighted by Crippen LogP contribution is -2.03. The lowest BCUT2D eigenvalue weighted by Gasteiger charge is -2.11. The molecule has 0 atom stereocenters. The van der Waals surface area contributed by atoms with Gasteiger partial charge in [0.25, 0.3) is 0 Å². The molecule has 3 nitrogen and oxygen atoms in total. The lowest BCUT2D eigenvalue weighted by molar-refractivity contribution is -0.136. The quantitative estimate of drug-likeness (QED) is 0.857. The zero-order chi connectivity index (χ0) is 14.0. The molecular weight excluding hydrogens is 309 g/mol. The van der Waals surface area contributed by atoms with Gasteiger partial charge in [-0.15, -0.1) is 0 Å². The summed E-state index contributed by atoms with van der Waals surface area (Å²) in [6.07, 6.45) is 1.30. The first-order valence-electron chi connectivity index (χ1n) is 5.29. The van der Waals surface area contributed by atoms with Crippen molar-refractivity contribution >= 4 is 40.8 Å². The van der Waals surface area contributed by atoms with Gasteiger partial charge in [0.1, 0.15) is 5.15 Å². The highest BCUT2D eigenvalue weighted by Gasteiger charge is 2.15. The number of aliphatic carboxylic acids is 1. The summed E-state index contributed by atoms with van der Waals surface area (Å²) in [4.78, 5) is 14.9. The average Bonchev–Trinajstić information content (AvgIpc) is 2.30. The number of nitrogens with zero attached hydrogens (tertiary/aromatic N) is 1. The Morgan fingerprint density at radius 3 is 2.42 bits per heavy atom. The van der Waals surface area contributed by atoms with Crippen LogP contribution in [0.15, 0.2) is 30.5 Å². The van der Waals surface area contributed by atoms with Crippen LogP contribution in [0.1, 0.15) is 5.56 Å². The third-order valence-corrected chi connectivity index (χ3v) is 3.37. The zero-order valence-electron chi connectivity index (χ0n) is 9.53. The summed E-state index contributed by atoms with van der Waals surface area (Å²) < 4.78 is 0. The Bertz CT molecular complexity index is 624. The lowest BCUT2D eigenvalue weighted by atomic mass is 10.00. The van der Waals surface area contributed by atoms with Crippen LogP contribution in [0.2, 0.25) is 15.2 Å². The van der Waals surface area contributed by atoms with Crippen molar-refractivity contribution < 1.29 is 9.90 Å². The van der Waals surface area contributed by atoms with Gasteiger partial charge in [0.05, 0.1) is 6.42 Å². The van der Waals surface area contributed by atoms with Crippen LogP contribution in [-0.4, -0.2) is 16.1 Å². The second-order valence-electron chi connectivity index (χ2n) is 3.83. The molecule has 0 saturated carbocycles. The fraction of sp³-hybridized carbons (Fsp3) is 0.0769. The number of benzene rings is 1. The van der Waals surface area contributed by atoms with E-state index in [4.69, 9.17) is 39.9 Å². The van der Waals surface area contributed by atoms with Crippen molar-refractivity contribution in [2.24, 2.45) is 0 Å². The van der Waals surface area contributed by atoms with E-state index >= 15 is 0 Å². The summed E-state index contributed by atoms with van der Waals surface area (Å²) in [7, 11) is 0. The largest absolute Gasteiger partial charge is 0.481 e. The van der Waals surface area contributed by atoms with Crippen LogP contribution in [0.3, 0.4) is 0 Å². The predicted molar refractivity (Wildman–Crippen MR) is 76.0 cm³/mol. The first kappa shape index (κ1) is 14.1. The number of carboxylic acid groups (broad SMARTS) is 1. The fourth-order valence-electron chi connectivity index (χ4n) is 1.76. The Balaban J connectivity index is 2.64. The number of hydrogen-bond acceptors (Lipinski definition) is 2. The van der Waals surface area contributed by atoms with E-state index in [0.29, 0.717) is 26.7 Å². The van der Waals surface area contributed by atoms with E-state index in [1.54, 1.807) is 18.2 Å². The first-order chi connectivity index (χ1) is 8.99. The highest BCUT2D eigenvalue weighted by molar-refractivity contribution is 6.39. The highest BCUT2D eigenvalue weighted by Crippen LogP contribution is 2.36. The van der Waals surface area contributed by atoms with Gasteiger partial charge in [0.15, 0.2) is 0 Å². The van der Waals surface area contributed by atoms with Crippen molar-refractivity contribution in [3.05, 3.63) is 51.2 Å². The molecule has 2 aromatic rings. The monoisotopic (exact) mass is 315 g/mol. The second-order valence-corrected chi connectivity index (χ2v) is 5.03. The van der Waals surface area contributed by atoms with Gasteiger partial charge in [0.2, 0.25) is 0 Å². The summed E-state index contributed by atoms with van der Waals surface area (Å²) in [6, 6.07) is 6.59. The maximum Gasteiger partial charge on any atom is 0.307 e. The predicted octanol–water partition coefficient (Wildman–Crippen LogP) is 4.34. The molecule has 2 rings (SSSR count). The summed E-state index contributed by atoms with van der Waals surface area (Å²) in [5.74, 6) is -0.966. The first-order valence-corrected chi connectivity index (χ1v) is 6.43. The normalized spacial score (nSPS) is 10.5. The Labute approximate surface area is 124 Å². The summed E-state index contributed by atoms with van der Waals surface area (Å²) in [6.45, 7) is 0. The highest BCUT2D eigenvalue weighted by atomic mass is 35.5. The van der Waals surface area contributed by atoms with Gasteiger partial charge in [0, 0.05) is 27.4 Å². The maximum absolute atomic E-state index is 10.9. The molecule has 0 aliphatic rings. The van der Waals surface area contributed by atoms with Crippen molar-refractivity contribution in [1.29, 1.82) is 0 Å². The zero-order valence-corrected chi connectivity index (χ0v) is 11.8. The molecule has 1 aromatic carbocycles. The molecule has 1 heterocycles. The minimum atomic E-state index is -0.966. The van der Waals surface area contributed by atoms with Crippen LogP contribution in [0, 0.1) is 0 Å². The van der Waals surface area contributed by atoms with E-state index in [-0.39, 0.29) is 11.6 Å². The van der Waals surface area contributed by atoms with E-state index in [1.165, 1.54) is 12.3 Å². The molecule has 98 valence electrons. The van der Waals surface area contributed by atoms with E-state index in [0.717, 1.165) is 0 Å². The topological polar surface area (TPSA) is 50.2 Å². The van der Waals surface area contributed by atoms with Gasteiger partial charge < -0.3 is 5.11 Å². The van der Waals surface area contributed by atoms with Crippen LogP contribution < -0.4 is 0 Å². The third-order valence-electron chi connectivity index (χ3n) is 2.53. The van der Waals surface area contributed by atoms with Crippen molar-refractivity contribution in [2.45, 2.75) is 6.42 Å². The van der Waals surface area contributed by atoms with Gasteiger partial charge in [-0.25, -0.2) is 4.98 Å². The van der Waals surface area contributed by atoms with E-state index in [9.17, 15) is 4.79 Å². The standard InChI is InChI=1S/C13H8Cl3NO2/c14-9-2-1-3-10(15)13(9)8-6-17-11(16)4-7(8)5-12(18)19/h1-4,6H,5H2,(H,18,19). The number of aromatic nitrogens is 1. The van der Waals surface area contributed by atoms with Gasteiger partial charge in [-0.3, -0.25) is 4.79 Å². The molecule has 1 N–H and O–H groups in total. The molecule has 1 aromatic heterocycles. The Hall–Kier alpha value is -1.29. The molecule has 0 saturated heterocycles. The molecule has 0 bridgehead atoms. The molecule has 0 amide bonds. The summed E-state index contributed by atoms with van der Waals surface area (Å²) >= 11 is 18.0. The number of carboxylic acids is 1. The van der Waals surface area contributed by atoms with Crippen molar-refractivity contribution in [3.63, 3.8) is 0 Å². The minimum Gasteiger partial charge on any atom is -0.481 e. The maximum atomic E-state index is 10.9. The molecule has 19 heavy (non-hydrogen) atoms. The molecule has 0 unspecified atom stereocenters. The van der Waals surface area contributed by atoms with E-state index in [1.807, 2.05) is 0 Å². The molecule has 0 fully saturated rings. The SMILES string of the molecule is O=C(O)Cc1cc(Cl)ncc1-c1c(Cl)cccc1Cl.